The Morgan fingerprint density at radius 2 is 2.17 bits per heavy atom. The summed E-state index contributed by atoms with van der Waals surface area (Å²) in [6, 6.07) is 0.311. The summed E-state index contributed by atoms with van der Waals surface area (Å²) in [6.07, 6.45) is 5.07. The highest BCUT2D eigenvalue weighted by molar-refractivity contribution is 5.92. The average molecular weight is 247 g/mol. The smallest absolute Gasteiger partial charge is 0.276 e. The molecule has 1 aliphatic heterocycles. The molecule has 18 heavy (non-hydrogen) atoms. The van der Waals surface area contributed by atoms with Crippen LogP contribution in [0.15, 0.2) is 31.5 Å². The predicted octanol–water partition coefficient (Wildman–Crippen LogP) is 0.237. The number of amides is 1. The maximum absolute atomic E-state index is 12.2. The molecule has 0 aromatic carbocycles. The Bertz CT molecular complexity index is 439. The summed E-state index contributed by atoms with van der Waals surface area (Å²) in [5, 5.41) is 11.1. The van der Waals surface area contributed by atoms with Gasteiger partial charge in [-0.15, -0.1) is 18.3 Å². The molecule has 6 heteroatoms. The van der Waals surface area contributed by atoms with Gasteiger partial charge in [0.25, 0.3) is 5.91 Å². The monoisotopic (exact) mass is 247 g/mol. The maximum atomic E-state index is 12.2. The zero-order valence-corrected chi connectivity index (χ0v) is 10.2. The first-order valence-electron chi connectivity index (χ1n) is 5.90. The van der Waals surface area contributed by atoms with Crippen molar-refractivity contribution in [1.82, 2.24) is 25.2 Å². The normalized spacial score (nSPS) is 14.9. The molecule has 1 aliphatic rings. The molecule has 1 aromatic heterocycles. The minimum absolute atomic E-state index is 0.145. The first-order valence-corrected chi connectivity index (χ1v) is 5.90. The summed E-state index contributed by atoms with van der Waals surface area (Å²) in [6.45, 7) is 9.97. The van der Waals surface area contributed by atoms with Gasteiger partial charge in [-0.3, -0.25) is 4.79 Å². The summed E-state index contributed by atoms with van der Waals surface area (Å²) < 4.78 is 1.74. The molecule has 0 spiro atoms. The Morgan fingerprint density at radius 3 is 2.67 bits per heavy atom. The zero-order valence-electron chi connectivity index (χ0n) is 10.2. The van der Waals surface area contributed by atoms with Gasteiger partial charge in [0, 0.05) is 26.2 Å². The molecule has 1 amide bonds. The van der Waals surface area contributed by atoms with Crippen molar-refractivity contribution < 1.29 is 4.79 Å². The second-order valence-electron chi connectivity index (χ2n) is 4.18. The van der Waals surface area contributed by atoms with Crippen LogP contribution in [0.1, 0.15) is 16.5 Å². The molecule has 0 bridgehead atoms. The van der Waals surface area contributed by atoms with Crippen LogP contribution in [0.2, 0.25) is 0 Å². The van der Waals surface area contributed by atoms with Crippen molar-refractivity contribution in [1.29, 1.82) is 0 Å². The number of nitrogens with zero attached hydrogens (tertiary/aromatic N) is 4. The fourth-order valence-electron chi connectivity index (χ4n) is 1.73. The van der Waals surface area contributed by atoms with Gasteiger partial charge in [0.2, 0.25) is 0 Å². The van der Waals surface area contributed by atoms with E-state index in [1.165, 1.54) is 0 Å². The Labute approximate surface area is 106 Å². The first-order chi connectivity index (χ1) is 8.76. The van der Waals surface area contributed by atoms with Gasteiger partial charge in [0.15, 0.2) is 5.69 Å². The standard InChI is InChI=1S/C12H17N5O/c1-3-5-16(6-4-2)12(18)11-9-17(15-14-11)10-7-13-8-10/h3-4,9-10,13H,1-2,5-8H2. The Hall–Kier alpha value is -1.95. The molecule has 0 radical (unpaired) electrons. The van der Waals surface area contributed by atoms with Crippen molar-refractivity contribution >= 4 is 5.91 Å². The molecule has 1 fully saturated rings. The van der Waals surface area contributed by atoms with E-state index in [9.17, 15) is 4.79 Å². The largest absolute Gasteiger partial charge is 0.330 e. The highest BCUT2D eigenvalue weighted by Gasteiger charge is 2.23. The molecule has 0 atom stereocenters. The van der Waals surface area contributed by atoms with Crippen LogP contribution in [-0.4, -0.2) is 52.0 Å². The third kappa shape index (κ3) is 2.48. The zero-order chi connectivity index (χ0) is 13.0. The van der Waals surface area contributed by atoms with Crippen molar-refractivity contribution in [3.8, 4) is 0 Å². The van der Waals surface area contributed by atoms with Crippen molar-refractivity contribution in [2.24, 2.45) is 0 Å². The second kappa shape index (κ2) is 5.59. The summed E-state index contributed by atoms with van der Waals surface area (Å²) in [4.78, 5) is 13.8. The van der Waals surface area contributed by atoms with E-state index in [-0.39, 0.29) is 5.91 Å². The van der Waals surface area contributed by atoms with Crippen molar-refractivity contribution in [3.05, 3.63) is 37.2 Å². The molecule has 1 aromatic rings. The van der Waals surface area contributed by atoms with E-state index in [0.29, 0.717) is 24.8 Å². The molecular formula is C12H17N5O. The molecule has 0 unspecified atom stereocenters. The lowest BCUT2D eigenvalue weighted by Crippen LogP contribution is -2.43. The van der Waals surface area contributed by atoms with Gasteiger partial charge >= 0.3 is 0 Å². The highest BCUT2D eigenvalue weighted by Crippen LogP contribution is 2.11. The van der Waals surface area contributed by atoms with E-state index < -0.39 is 0 Å². The van der Waals surface area contributed by atoms with Crippen molar-refractivity contribution in [2.45, 2.75) is 6.04 Å². The third-order valence-electron chi connectivity index (χ3n) is 2.85. The van der Waals surface area contributed by atoms with Crippen LogP contribution in [0, 0.1) is 0 Å². The molecule has 0 aliphatic carbocycles. The highest BCUT2D eigenvalue weighted by atomic mass is 16.2. The SMILES string of the molecule is C=CCN(CC=C)C(=O)c1cn(C2CNC2)nn1. The summed E-state index contributed by atoms with van der Waals surface area (Å²) in [7, 11) is 0. The van der Waals surface area contributed by atoms with E-state index in [1.54, 1.807) is 27.9 Å². The Balaban J connectivity index is 2.08. The van der Waals surface area contributed by atoms with E-state index >= 15 is 0 Å². The maximum Gasteiger partial charge on any atom is 0.276 e. The minimum Gasteiger partial charge on any atom is -0.330 e. The lowest BCUT2D eigenvalue weighted by atomic mass is 10.2. The first kappa shape index (κ1) is 12.5. The molecular weight excluding hydrogens is 230 g/mol. The van der Waals surface area contributed by atoms with Crippen LogP contribution in [0.5, 0.6) is 0 Å². The number of nitrogens with one attached hydrogen (secondary N) is 1. The van der Waals surface area contributed by atoms with Crippen LogP contribution in [0.3, 0.4) is 0 Å². The van der Waals surface area contributed by atoms with Gasteiger partial charge in [-0.05, 0) is 0 Å². The van der Waals surface area contributed by atoms with E-state index in [0.717, 1.165) is 13.1 Å². The fraction of sp³-hybridized carbons (Fsp3) is 0.417. The van der Waals surface area contributed by atoms with E-state index in [4.69, 9.17) is 0 Å². The fourth-order valence-corrected chi connectivity index (χ4v) is 1.73. The van der Waals surface area contributed by atoms with Crippen LogP contribution in [-0.2, 0) is 0 Å². The topological polar surface area (TPSA) is 63.1 Å². The number of carbonyl (C=O) groups is 1. The van der Waals surface area contributed by atoms with Crippen LogP contribution in [0.25, 0.3) is 0 Å². The van der Waals surface area contributed by atoms with Gasteiger partial charge in [0.1, 0.15) is 0 Å². The summed E-state index contributed by atoms with van der Waals surface area (Å²) >= 11 is 0. The molecule has 0 saturated carbocycles. The van der Waals surface area contributed by atoms with Gasteiger partial charge in [-0.2, -0.15) is 0 Å². The van der Waals surface area contributed by atoms with Gasteiger partial charge in [0.05, 0.1) is 12.2 Å². The number of rotatable bonds is 6. The van der Waals surface area contributed by atoms with E-state index in [2.05, 4.69) is 28.8 Å². The second-order valence-corrected chi connectivity index (χ2v) is 4.18. The van der Waals surface area contributed by atoms with E-state index in [1.807, 2.05) is 0 Å². The predicted molar refractivity (Wildman–Crippen MR) is 68.2 cm³/mol. The molecule has 1 N–H and O–H groups in total. The van der Waals surface area contributed by atoms with Crippen LogP contribution < -0.4 is 5.32 Å². The number of hydrogen-bond donors (Lipinski definition) is 1. The Kier molecular flexibility index (Phi) is 3.88. The number of carbonyl (C=O) groups excluding carboxylic acids is 1. The summed E-state index contributed by atoms with van der Waals surface area (Å²) in [5.41, 5.74) is 0.366. The van der Waals surface area contributed by atoms with Gasteiger partial charge < -0.3 is 10.2 Å². The van der Waals surface area contributed by atoms with Crippen LogP contribution >= 0.6 is 0 Å². The molecule has 6 nitrogen and oxygen atoms in total. The number of hydrogen-bond acceptors (Lipinski definition) is 4. The Morgan fingerprint density at radius 1 is 1.50 bits per heavy atom. The quantitative estimate of drug-likeness (QED) is 0.731. The van der Waals surface area contributed by atoms with Crippen LogP contribution in [0.4, 0.5) is 0 Å². The molecule has 2 heterocycles. The van der Waals surface area contributed by atoms with Crippen molar-refractivity contribution in [3.63, 3.8) is 0 Å². The molecule has 96 valence electrons. The number of aromatic nitrogens is 3. The minimum atomic E-state index is -0.145. The molecule has 2 rings (SSSR count). The summed E-state index contributed by atoms with van der Waals surface area (Å²) in [5.74, 6) is -0.145. The average Bonchev–Trinajstić information content (AvgIpc) is 2.75. The lowest BCUT2D eigenvalue weighted by molar-refractivity contribution is 0.0785. The lowest BCUT2D eigenvalue weighted by Gasteiger charge is -2.26. The molecule has 1 saturated heterocycles. The van der Waals surface area contributed by atoms with Crippen molar-refractivity contribution in [2.75, 3.05) is 26.2 Å². The van der Waals surface area contributed by atoms with Gasteiger partial charge in [-0.25, -0.2) is 4.68 Å². The third-order valence-corrected chi connectivity index (χ3v) is 2.85. The van der Waals surface area contributed by atoms with Gasteiger partial charge in [-0.1, -0.05) is 17.4 Å².